The molecule has 0 aliphatic carbocycles. The number of anilines is 1. The lowest BCUT2D eigenvalue weighted by Crippen LogP contribution is -2.16. The number of rotatable bonds is 6. The van der Waals surface area contributed by atoms with Gasteiger partial charge in [-0.1, -0.05) is 41.9 Å². The fourth-order valence-corrected chi connectivity index (χ4v) is 3.01. The smallest absolute Gasteiger partial charge is 0.338 e. The molecule has 0 unspecified atom stereocenters. The van der Waals surface area contributed by atoms with Crippen molar-refractivity contribution in [3.8, 4) is 0 Å². The Hall–Kier alpha value is -4.04. The maximum absolute atomic E-state index is 12.9. The summed E-state index contributed by atoms with van der Waals surface area (Å²) in [5.74, 6) is -1.95. The standard InChI is InChI=1S/C22H15ClN2O6/c1-31-22(28)15-9-14(10-17(11-15)25(29)30)21(27)24-19-8-7-16(23)12-18(19)20(26)13-5-3-2-4-6-13/h2-12H,1H3,(H,24,27). The molecule has 0 aromatic heterocycles. The Balaban J connectivity index is 1.99. The van der Waals surface area contributed by atoms with Gasteiger partial charge >= 0.3 is 5.97 Å². The van der Waals surface area contributed by atoms with Gasteiger partial charge in [-0.25, -0.2) is 4.79 Å². The minimum Gasteiger partial charge on any atom is -0.465 e. The third-order valence-corrected chi connectivity index (χ3v) is 4.56. The van der Waals surface area contributed by atoms with Crippen LogP contribution in [0.1, 0.15) is 36.6 Å². The Morgan fingerprint density at radius 1 is 0.935 bits per heavy atom. The first-order chi connectivity index (χ1) is 14.8. The quantitative estimate of drug-likeness (QED) is 0.262. The molecule has 3 aromatic carbocycles. The Bertz CT molecular complexity index is 1190. The molecule has 1 N–H and O–H groups in total. The minimum atomic E-state index is -0.829. The second kappa shape index (κ2) is 9.19. The summed E-state index contributed by atoms with van der Waals surface area (Å²) in [7, 11) is 1.12. The Morgan fingerprint density at radius 3 is 2.26 bits per heavy atom. The van der Waals surface area contributed by atoms with Crippen molar-refractivity contribution < 1.29 is 24.0 Å². The number of methoxy groups -OCH3 is 1. The van der Waals surface area contributed by atoms with E-state index >= 15 is 0 Å². The molecule has 8 nitrogen and oxygen atoms in total. The number of nitrogens with zero attached hydrogens (tertiary/aromatic N) is 1. The van der Waals surface area contributed by atoms with Crippen LogP contribution in [0.5, 0.6) is 0 Å². The molecule has 31 heavy (non-hydrogen) atoms. The number of halogens is 1. The average molecular weight is 439 g/mol. The lowest BCUT2D eigenvalue weighted by atomic mass is 10.0. The van der Waals surface area contributed by atoms with Gasteiger partial charge in [-0.2, -0.15) is 0 Å². The van der Waals surface area contributed by atoms with Crippen LogP contribution in [-0.4, -0.2) is 29.7 Å². The zero-order chi connectivity index (χ0) is 22.5. The van der Waals surface area contributed by atoms with Crippen LogP contribution in [0.15, 0.2) is 66.7 Å². The number of benzene rings is 3. The minimum absolute atomic E-state index is 0.144. The van der Waals surface area contributed by atoms with E-state index in [4.69, 9.17) is 11.6 Å². The van der Waals surface area contributed by atoms with Crippen molar-refractivity contribution in [1.29, 1.82) is 0 Å². The van der Waals surface area contributed by atoms with Gasteiger partial charge in [0.15, 0.2) is 5.78 Å². The topological polar surface area (TPSA) is 116 Å². The number of nitro benzene ring substituents is 1. The predicted molar refractivity (Wildman–Crippen MR) is 114 cm³/mol. The molecule has 0 atom stereocenters. The van der Waals surface area contributed by atoms with Gasteiger partial charge in [0, 0.05) is 33.8 Å². The lowest BCUT2D eigenvalue weighted by Gasteiger charge is -2.12. The SMILES string of the molecule is COC(=O)c1cc(C(=O)Nc2ccc(Cl)cc2C(=O)c2ccccc2)cc([N+](=O)[O-])c1. The van der Waals surface area contributed by atoms with Crippen LogP contribution in [0.4, 0.5) is 11.4 Å². The summed E-state index contributed by atoms with van der Waals surface area (Å²) in [5, 5.41) is 14.1. The fraction of sp³-hybridized carbons (Fsp3) is 0.0455. The van der Waals surface area contributed by atoms with E-state index in [1.807, 2.05) is 0 Å². The second-order valence-corrected chi connectivity index (χ2v) is 6.79. The number of hydrogen-bond acceptors (Lipinski definition) is 6. The zero-order valence-corrected chi connectivity index (χ0v) is 16.9. The summed E-state index contributed by atoms with van der Waals surface area (Å²) >= 11 is 6.04. The first-order valence-electron chi connectivity index (χ1n) is 8.88. The number of ether oxygens (including phenoxy) is 1. The van der Waals surface area contributed by atoms with Gasteiger partial charge in [-0.3, -0.25) is 19.7 Å². The molecule has 1 amide bonds. The van der Waals surface area contributed by atoms with Crippen molar-refractivity contribution in [2.24, 2.45) is 0 Å². The van der Waals surface area contributed by atoms with Crippen LogP contribution in [-0.2, 0) is 4.74 Å². The molecule has 156 valence electrons. The number of hydrogen-bond donors (Lipinski definition) is 1. The largest absolute Gasteiger partial charge is 0.465 e. The molecular weight excluding hydrogens is 424 g/mol. The van der Waals surface area contributed by atoms with Crippen LogP contribution in [0.25, 0.3) is 0 Å². The van der Waals surface area contributed by atoms with Crippen molar-refractivity contribution in [2.45, 2.75) is 0 Å². The van der Waals surface area contributed by atoms with Crippen molar-refractivity contribution in [3.05, 3.63) is 104 Å². The third kappa shape index (κ3) is 4.93. The van der Waals surface area contributed by atoms with Crippen molar-refractivity contribution >= 4 is 40.6 Å². The number of carbonyl (C=O) groups excluding carboxylic acids is 3. The Labute approximate surface area is 181 Å². The molecule has 0 bridgehead atoms. The Kier molecular flexibility index (Phi) is 6.42. The number of esters is 1. The second-order valence-electron chi connectivity index (χ2n) is 6.36. The number of ketones is 1. The van der Waals surface area contributed by atoms with Gasteiger partial charge in [0.25, 0.3) is 11.6 Å². The zero-order valence-electron chi connectivity index (χ0n) is 16.1. The molecule has 0 fully saturated rings. The first kappa shape index (κ1) is 21.7. The molecule has 0 radical (unpaired) electrons. The monoisotopic (exact) mass is 438 g/mol. The van der Waals surface area contributed by atoms with E-state index in [2.05, 4.69) is 10.1 Å². The van der Waals surface area contributed by atoms with Gasteiger partial charge in [0.05, 0.1) is 23.3 Å². The van der Waals surface area contributed by atoms with Crippen LogP contribution in [0.2, 0.25) is 5.02 Å². The van der Waals surface area contributed by atoms with Crippen LogP contribution in [0, 0.1) is 10.1 Å². The van der Waals surface area contributed by atoms with Crippen molar-refractivity contribution in [2.75, 3.05) is 12.4 Å². The molecule has 0 saturated carbocycles. The summed E-state index contributed by atoms with van der Waals surface area (Å²) in [6.45, 7) is 0. The van der Waals surface area contributed by atoms with Gasteiger partial charge in [-0.05, 0) is 24.3 Å². The highest BCUT2D eigenvalue weighted by Gasteiger charge is 2.21. The number of non-ortho nitro benzene ring substituents is 1. The van der Waals surface area contributed by atoms with E-state index in [9.17, 15) is 24.5 Å². The number of amides is 1. The van der Waals surface area contributed by atoms with E-state index in [1.165, 1.54) is 24.3 Å². The summed E-state index contributed by atoms with van der Waals surface area (Å²) in [4.78, 5) is 48.0. The molecular formula is C22H15ClN2O6. The molecule has 0 heterocycles. The van der Waals surface area contributed by atoms with Crippen LogP contribution >= 0.6 is 11.6 Å². The van der Waals surface area contributed by atoms with E-state index in [1.54, 1.807) is 30.3 Å². The molecule has 0 aliphatic heterocycles. The van der Waals surface area contributed by atoms with Crippen molar-refractivity contribution in [1.82, 2.24) is 0 Å². The summed E-state index contributed by atoms with van der Waals surface area (Å²) in [6, 6.07) is 16.0. The van der Waals surface area contributed by atoms with Gasteiger partial charge < -0.3 is 10.1 Å². The summed E-state index contributed by atoms with van der Waals surface area (Å²) in [5.41, 5.74) is -0.0606. The highest BCUT2D eigenvalue weighted by Crippen LogP contribution is 2.25. The maximum atomic E-state index is 12.9. The Morgan fingerprint density at radius 2 is 1.61 bits per heavy atom. The highest BCUT2D eigenvalue weighted by molar-refractivity contribution is 6.31. The highest BCUT2D eigenvalue weighted by atomic mass is 35.5. The van der Waals surface area contributed by atoms with E-state index in [0.29, 0.717) is 10.6 Å². The van der Waals surface area contributed by atoms with Crippen molar-refractivity contribution in [3.63, 3.8) is 0 Å². The number of nitro groups is 1. The summed E-state index contributed by atoms with van der Waals surface area (Å²) < 4.78 is 4.58. The molecule has 0 aliphatic rings. The summed E-state index contributed by atoms with van der Waals surface area (Å²) in [6.07, 6.45) is 0. The molecule has 0 spiro atoms. The number of nitrogens with one attached hydrogen (secondary N) is 1. The lowest BCUT2D eigenvalue weighted by molar-refractivity contribution is -0.384. The van der Waals surface area contributed by atoms with E-state index in [0.717, 1.165) is 19.2 Å². The molecule has 0 saturated heterocycles. The van der Waals surface area contributed by atoms with Crippen LogP contribution < -0.4 is 5.32 Å². The molecule has 9 heteroatoms. The maximum Gasteiger partial charge on any atom is 0.338 e. The van der Waals surface area contributed by atoms with Gasteiger partial charge in [0.1, 0.15) is 0 Å². The van der Waals surface area contributed by atoms with E-state index in [-0.39, 0.29) is 28.2 Å². The van der Waals surface area contributed by atoms with Gasteiger partial charge in [0.2, 0.25) is 0 Å². The third-order valence-electron chi connectivity index (χ3n) is 4.32. The average Bonchev–Trinajstić information content (AvgIpc) is 2.79. The van der Waals surface area contributed by atoms with Crippen LogP contribution in [0.3, 0.4) is 0 Å². The molecule has 3 rings (SSSR count). The first-order valence-corrected chi connectivity index (χ1v) is 9.26. The number of carbonyl (C=O) groups is 3. The van der Waals surface area contributed by atoms with E-state index < -0.39 is 22.5 Å². The fourth-order valence-electron chi connectivity index (χ4n) is 2.84. The normalized spacial score (nSPS) is 10.3. The van der Waals surface area contributed by atoms with Gasteiger partial charge in [-0.15, -0.1) is 0 Å². The predicted octanol–water partition coefficient (Wildman–Crippen LogP) is 4.52. The molecule has 3 aromatic rings.